The number of benzene rings is 1. The molecule has 1 aromatic carbocycles. The van der Waals surface area contributed by atoms with Crippen LogP contribution in [0.15, 0.2) is 28.9 Å². The van der Waals surface area contributed by atoms with Crippen LogP contribution in [0.25, 0.3) is 10.8 Å². The van der Waals surface area contributed by atoms with Crippen molar-refractivity contribution in [3.05, 3.63) is 34.7 Å². The van der Waals surface area contributed by atoms with E-state index in [0.29, 0.717) is 15.7 Å². The summed E-state index contributed by atoms with van der Waals surface area (Å²) in [6.07, 6.45) is 1.44. The van der Waals surface area contributed by atoms with Gasteiger partial charge in [0.1, 0.15) is 11.6 Å². The van der Waals surface area contributed by atoms with Gasteiger partial charge in [-0.2, -0.15) is 0 Å². The van der Waals surface area contributed by atoms with E-state index in [4.69, 9.17) is 5.73 Å². The lowest BCUT2D eigenvalue weighted by Gasteiger charge is -2.00. The van der Waals surface area contributed by atoms with Crippen molar-refractivity contribution in [1.82, 2.24) is 4.98 Å². The van der Waals surface area contributed by atoms with Crippen LogP contribution in [0, 0.1) is 5.82 Å². The lowest BCUT2D eigenvalue weighted by molar-refractivity contribution is 0.638. The third-order valence-electron chi connectivity index (χ3n) is 1.77. The van der Waals surface area contributed by atoms with Crippen molar-refractivity contribution in [2.75, 3.05) is 5.73 Å². The van der Waals surface area contributed by atoms with Crippen LogP contribution in [0.1, 0.15) is 0 Å². The number of nitrogens with zero attached hydrogens (tertiary/aromatic N) is 1. The minimum absolute atomic E-state index is 0.295. The van der Waals surface area contributed by atoms with E-state index in [1.54, 1.807) is 12.1 Å². The highest BCUT2D eigenvalue weighted by molar-refractivity contribution is 9.10. The summed E-state index contributed by atoms with van der Waals surface area (Å²) in [6.45, 7) is 0. The Kier molecular flexibility index (Phi) is 1.92. The molecule has 13 heavy (non-hydrogen) atoms. The van der Waals surface area contributed by atoms with Crippen LogP contribution in [-0.4, -0.2) is 4.98 Å². The number of anilines is 1. The molecule has 0 fully saturated rings. The molecule has 0 bridgehead atoms. The zero-order valence-corrected chi connectivity index (χ0v) is 8.18. The van der Waals surface area contributed by atoms with Gasteiger partial charge in [-0.05, 0) is 23.6 Å². The van der Waals surface area contributed by atoms with E-state index in [9.17, 15) is 4.39 Å². The van der Waals surface area contributed by atoms with Crippen molar-refractivity contribution in [2.45, 2.75) is 0 Å². The highest BCUT2D eigenvalue weighted by atomic mass is 79.9. The second-order valence-electron chi connectivity index (χ2n) is 2.72. The van der Waals surface area contributed by atoms with Gasteiger partial charge in [0.05, 0.1) is 0 Å². The lowest BCUT2D eigenvalue weighted by Crippen LogP contribution is -1.90. The second-order valence-corrected chi connectivity index (χ2v) is 3.63. The summed E-state index contributed by atoms with van der Waals surface area (Å²) < 4.78 is 14.0. The summed E-state index contributed by atoms with van der Waals surface area (Å²) in [5, 5.41) is 1.23. The summed E-state index contributed by atoms with van der Waals surface area (Å²) in [6, 6.07) is 4.85. The van der Waals surface area contributed by atoms with E-state index in [-0.39, 0.29) is 5.82 Å². The topological polar surface area (TPSA) is 38.9 Å². The largest absolute Gasteiger partial charge is 0.384 e. The van der Waals surface area contributed by atoms with Gasteiger partial charge in [0, 0.05) is 16.1 Å². The predicted octanol–water partition coefficient (Wildman–Crippen LogP) is 2.72. The van der Waals surface area contributed by atoms with Gasteiger partial charge in [-0.3, -0.25) is 0 Å². The number of hydrogen-bond donors (Lipinski definition) is 1. The number of rotatable bonds is 0. The van der Waals surface area contributed by atoms with E-state index in [0.717, 1.165) is 5.39 Å². The average molecular weight is 241 g/mol. The highest BCUT2D eigenvalue weighted by Crippen LogP contribution is 2.23. The molecule has 1 heterocycles. The van der Waals surface area contributed by atoms with Crippen LogP contribution in [0.3, 0.4) is 0 Å². The molecule has 0 atom stereocenters. The van der Waals surface area contributed by atoms with Crippen molar-refractivity contribution in [3.8, 4) is 0 Å². The Labute approximate surface area is 82.7 Å². The Hall–Kier alpha value is -1.16. The van der Waals surface area contributed by atoms with Gasteiger partial charge in [-0.25, -0.2) is 9.37 Å². The standard InChI is InChI=1S/C9H6BrFN2/c10-6-1-5-2-9(12)13-4-7(5)8(11)3-6/h1-4H,(H2,12,13). The van der Waals surface area contributed by atoms with Crippen molar-refractivity contribution >= 4 is 32.5 Å². The average Bonchev–Trinajstić information content (AvgIpc) is 2.02. The first-order chi connectivity index (χ1) is 6.16. The van der Waals surface area contributed by atoms with Gasteiger partial charge in [0.25, 0.3) is 0 Å². The van der Waals surface area contributed by atoms with Gasteiger partial charge < -0.3 is 5.73 Å². The van der Waals surface area contributed by atoms with Crippen LogP contribution < -0.4 is 5.73 Å². The SMILES string of the molecule is Nc1cc2cc(Br)cc(F)c2cn1. The number of fused-ring (bicyclic) bond motifs is 1. The maximum absolute atomic E-state index is 13.3. The monoisotopic (exact) mass is 240 g/mol. The highest BCUT2D eigenvalue weighted by Gasteiger charge is 2.02. The Morgan fingerprint density at radius 2 is 2.08 bits per heavy atom. The Morgan fingerprint density at radius 3 is 2.85 bits per heavy atom. The summed E-state index contributed by atoms with van der Waals surface area (Å²) >= 11 is 3.21. The van der Waals surface area contributed by atoms with Crippen LogP contribution in [0.5, 0.6) is 0 Å². The molecule has 66 valence electrons. The number of halogens is 2. The van der Waals surface area contributed by atoms with Gasteiger partial charge in [-0.1, -0.05) is 15.9 Å². The molecule has 2 rings (SSSR count). The fraction of sp³-hybridized carbons (Fsp3) is 0. The quantitative estimate of drug-likeness (QED) is 0.770. The Balaban J connectivity index is 2.86. The molecule has 2 N–H and O–H groups in total. The second kappa shape index (κ2) is 2.96. The van der Waals surface area contributed by atoms with Crippen molar-refractivity contribution in [1.29, 1.82) is 0 Å². The molecule has 0 aliphatic carbocycles. The molecule has 0 saturated heterocycles. The zero-order valence-electron chi connectivity index (χ0n) is 6.59. The molecule has 0 saturated carbocycles. The summed E-state index contributed by atoms with van der Waals surface area (Å²) in [4.78, 5) is 3.82. The van der Waals surface area contributed by atoms with E-state index in [2.05, 4.69) is 20.9 Å². The van der Waals surface area contributed by atoms with Crippen LogP contribution >= 0.6 is 15.9 Å². The molecule has 0 radical (unpaired) electrons. The molecular formula is C9H6BrFN2. The number of nitrogens with two attached hydrogens (primary N) is 1. The third kappa shape index (κ3) is 1.49. The zero-order chi connectivity index (χ0) is 9.42. The minimum Gasteiger partial charge on any atom is -0.384 e. The number of hydrogen-bond acceptors (Lipinski definition) is 2. The van der Waals surface area contributed by atoms with Crippen LogP contribution in [0.2, 0.25) is 0 Å². The maximum atomic E-state index is 13.3. The molecule has 1 aromatic heterocycles. The first-order valence-electron chi connectivity index (χ1n) is 3.67. The van der Waals surface area contributed by atoms with E-state index >= 15 is 0 Å². The van der Waals surface area contributed by atoms with Crippen molar-refractivity contribution < 1.29 is 4.39 Å². The molecule has 2 aromatic rings. The molecule has 2 nitrogen and oxygen atoms in total. The molecule has 0 amide bonds. The van der Waals surface area contributed by atoms with Crippen LogP contribution in [0.4, 0.5) is 10.2 Å². The van der Waals surface area contributed by atoms with E-state index in [1.807, 2.05) is 0 Å². The summed E-state index contributed by atoms with van der Waals surface area (Å²) in [7, 11) is 0. The van der Waals surface area contributed by atoms with Gasteiger partial charge >= 0.3 is 0 Å². The first-order valence-corrected chi connectivity index (χ1v) is 4.46. The minimum atomic E-state index is -0.295. The van der Waals surface area contributed by atoms with Crippen LogP contribution in [-0.2, 0) is 0 Å². The van der Waals surface area contributed by atoms with Crippen molar-refractivity contribution in [2.24, 2.45) is 0 Å². The summed E-state index contributed by atoms with van der Waals surface area (Å²) in [5.41, 5.74) is 5.48. The van der Waals surface area contributed by atoms with Crippen molar-refractivity contribution in [3.63, 3.8) is 0 Å². The smallest absolute Gasteiger partial charge is 0.133 e. The van der Waals surface area contributed by atoms with Gasteiger partial charge in [0.15, 0.2) is 0 Å². The maximum Gasteiger partial charge on any atom is 0.133 e. The lowest BCUT2D eigenvalue weighted by atomic mass is 10.2. The normalized spacial score (nSPS) is 10.6. The summed E-state index contributed by atoms with van der Waals surface area (Å²) in [5.74, 6) is 0.0990. The fourth-order valence-corrected chi connectivity index (χ4v) is 1.64. The van der Waals surface area contributed by atoms with Gasteiger partial charge in [-0.15, -0.1) is 0 Å². The number of pyridine rings is 1. The van der Waals surface area contributed by atoms with E-state index < -0.39 is 0 Å². The van der Waals surface area contributed by atoms with Gasteiger partial charge in [0.2, 0.25) is 0 Å². The molecule has 0 spiro atoms. The van der Waals surface area contributed by atoms with E-state index in [1.165, 1.54) is 12.3 Å². The molecule has 0 aliphatic heterocycles. The third-order valence-corrected chi connectivity index (χ3v) is 2.23. The number of aromatic nitrogens is 1. The predicted molar refractivity (Wildman–Crippen MR) is 53.8 cm³/mol. The number of nitrogen functional groups attached to an aromatic ring is 1. The molecule has 0 aliphatic rings. The fourth-order valence-electron chi connectivity index (χ4n) is 1.20. The first kappa shape index (κ1) is 8.44. The Morgan fingerprint density at radius 1 is 1.31 bits per heavy atom. The Bertz CT molecular complexity index is 465. The molecule has 4 heteroatoms. The molecule has 0 unspecified atom stereocenters. The molecular weight excluding hydrogens is 235 g/mol.